The Labute approximate surface area is 295 Å². The van der Waals surface area contributed by atoms with Gasteiger partial charge in [0.05, 0.1) is 16.7 Å². The Balaban J connectivity index is 1.23. The number of nitrogens with zero attached hydrogens (tertiary/aromatic N) is 3. The number of hydrogen-bond acceptors (Lipinski definition) is 3. The van der Waals surface area contributed by atoms with Crippen molar-refractivity contribution < 1.29 is 4.42 Å². The summed E-state index contributed by atoms with van der Waals surface area (Å²) in [6, 6.07) is 66.3. The van der Waals surface area contributed by atoms with E-state index in [1.807, 2.05) is 36.4 Å². The summed E-state index contributed by atoms with van der Waals surface area (Å²) in [5.74, 6) is 0.621. The largest absolute Gasteiger partial charge is 0.436 e. The second kappa shape index (κ2) is 11.9. The molecule has 10 aromatic rings. The van der Waals surface area contributed by atoms with Crippen molar-refractivity contribution in [2.75, 3.05) is 4.90 Å². The number of hydrogen-bond donors (Lipinski definition) is 0. The molecule has 0 atom stereocenters. The summed E-state index contributed by atoms with van der Waals surface area (Å²) in [6.45, 7) is 0. The predicted octanol–water partition coefficient (Wildman–Crippen LogP) is 12.9. The van der Waals surface area contributed by atoms with Crippen LogP contribution >= 0.6 is 0 Å². The predicted molar refractivity (Wildman–Crippen MR) is 211 cm³/mol. The summed E-state index contributed by atoms with van der Waals surface area (Å²) in [4.78, 5) is 7.43. The second-order valence-corrected chi connectivity index (χ2v) is 12.8. The summed E-state index contributed by atoms with van der Waals surface area (Å²) < 4.78 is 8.68. The quantitative estimate of drug-likeness (QED) is 0.179. The Morgan fingerprint density at radius 3 is 1.88 bits per heavy atom. The Morgan fingerprint density at radius 1 is 0.471 bits per heavy atom. The van der Waals surface area contributed by atoms with Gasteiger partial charge in [-0.05, 0) is 89.3 Å². The average molecular weight is 654 g/mol. The molecule has 0 aliphatic rings. The molecule has 51 heavy (non-hydrogen) atoms. The molecule has 2 aromatic heterocycles. The van der Waals surface area contributed by atoms with Crippen molar-refractivity contribution >= 4 is 60.7 Å². The van der Waals surface area contributed by atoms with Crippen LogP contribution in [0.5, 0.6) is 0 Å². The lowest BCUT2D eigenvalue weighted by Crippen LogP contribution is -2.10. The van der Waals surface area contributed by atoms with Gasteiger partial charge >= 0.3 is 0 Å². The van der Waals surface area contributed by atoms with E-state index in [1.165, 1.54) is 27.4 Å². The third kappa shape index (κ3) is 4.88. The van der Waals surface area contributed by atoms with Crippen LogP contribution in [0.25, 0.3) is 71.9 Å². The van der Waals surface area contributed by atoms with Crippen molar-refractivity contribution in [1.82, 2.24) is 9.55 Å². The maximum absolute atomic E-state index is 6.31. The molecule has 0 amide bonds. The van der Waals surface area contributed by atoms with E-state index in [-0.39, 0.29) is 0 Å². The van der Waals surface area contributed by atoms with E-state index < -0.39 is 0 Å². The Kier molecular flexibility index (Phi) is 6.78. The van der Waals surface area contributed by atoms with E-state index in [1.54, 1.807) is 0 Å². The van der Waals surface area contributed by atoms with Gasteiger partial charge < -0.3 is 13.9 Å². The second-order valence-electron chi connectivity index (χ2n) is 12.8. The molecule has 0 aliphatic heterocycles. The van der Waals surface area contributed by atoms with E-state index in [2.05, 4.69) is 161 Å². The number of oxazole rings is 1. The summed E-state index contributed by atoms with van der Waals surface area (Å²) in [6.07, 6.45) is 0. The Bertz CT molecular complexity index is 2840. The minimum atomic E-state index is 0.621. The highest BCUT2D eigenvalue weighted by atomic mass is 16.3. The van der Waals surface area contributed by atoms with Crippen LogP contribution in [0.3, 0.4) is 0 Å². The van der Waals surface area contributed by atoms with Crippen LogP contribution in [0.4, 0.5) is 17.1 Å². The molecule has 0 radical (unpaired) electrons. The number of rotatable bonds is 6. The number of fused-ring (bicyclic) bond motifs is 6. The molecule has 0 unspecified atom stereocenters. The minimum absolute atomic E-state index is 0.621. The molecular weight excluding hydrogens is 623 g/mol. The van der Waals surface area contributed by atoms with Gasteiger partial charge in [0.1, 0.15) is 5.52 Å². The van der Waals surface area contributed by atoms with Gasteiger partial charge in [0, 0.05) is 38.8 Å². The number of benzene rings is 8. The molecule has 2 heterocycles. The molecule has 0 N–H and O–H groups in total. The molecule has 4 nitrogen and oxygen atoms in total. The van der Waals surface area contributed by atoms with Gasteiger partial charge in [-0.25, -0.2) is 4.98 Å². The van der Waals surface area contributed by atoms with E-state index in [4.69, 9.17) is 9.40 Å². The van der Waals surface area contributed by atoms with Gasteiger partial charge in [-0.3, -0.25) is 0 Å². The Morgan fingerprint density at radius 2 is 1.10 bits per heavy atom. The normalized spacial score (nSPS) is 11.5. The standard InChI is InChI=1S/C47H31N3O/c1-4-13-32(14-5-1)33-23-27-37(28-24-33)49(38-29-25-34-26-30-44-46(40(34)31-38)48-47(51-44)35-15-6-2-7-16-35)42-21-12-22-43-45(42)39-19-10-11-20-41(39)50(43)36-17-8-3-9-18-36/h1-31H. The molecule has 240 valence electrons. The lowest BCUT2D eigenvalue weighted by molar-refractivity contribution is 0.620. The molecule has 0 saturated heterocycles. The zero-order chi connectivity index (χ0) is 33.7. The van der Waals surface area contributed by atoms with E-state index in [0.29, 0.717) is 5.89 Å². The summed E-state index contributed by atoms with van der Waals surface area (Å²) in [7, 11) is 0. The first-order valence-electron chi connectivity index (χ1n) is 17.2. The van der Waals surface area contributed by atoms with E-state index >= 15 is 0 Å². The van der Waals surface area contributed by atoms with Gasteiger partial charge in [0.25, 0.3) is 0 Å². The fraction of sp³-hybridized carbons (Fsp3) is 0. The molecule has 0 bridgehead atoms. The molecule has 10 rings (SSSR count). The van der Waals surface area contributed by atoms with Crippen LogP contribution in [0.2, 0.25) is 0 Å². The molecule has 0 spiro atoms. The summed E-state index contributed by atoms with van der Waals surface area (Å²) in [5, 5.41) is 4.54. The van der Waals surface area contributed by atoms with Crippen molar-refractivity contribution in [1.29, 1.82) is 0 Å². The molecule has 0 aliphatic carbocycles. The lowest BCUT2D eigenvalue weighted by atomic mass is 10.0. The maximum atomic E-state index is 6.31. The molecular formula is C47H31N3O. The van der Waals surface area contributed by atoms with E-state index in [9.17, 15) is 0 Å². The minimum Gasteiger partial charge on any atom is -0.436 e. The fourth-order valence-corrected chi connectivity index (χ4v) is 7.44. The molecule has 0 fully saturated rings. The topological polar surface area (TPSA) is 34.2 Å². The van der Waals surface area contributed by atoms with Crippen LogP contribution in [0, 0.1) is 0 Å². The lowest BCUT2D eigenvalue weighted by Gasteiger charge is -2.27. The van der Waals surface area contributed by atoms with Gasteiger partial charge in [0.2, 0.25) is 5.89 Å². The van der Waals surface area contributed by atoms with Crippen LogP contribution in [0.1, 0.15) is 0 Å². The van der Waals surface area contributed by atoms with Gasteiger partial charge in [-0.15, -0.1) is 0 Å². The van der Waals surface area contributed by atoms with Crippen molar-refractivity contribution in [2.24, 2.45) is 0 Å². The monoisotopic (exact) mass is 653 g/mol. The number of para-hydroxylation sites is 2. The summed E-state index contributed by atoms with van der Waals surface area (Å²) in [5.41, 5.74) is 11.6. The zero-order valence-electron chi connectivity index (χ0n) is 27.6. The molecule has 4 heteroatoms. The van der Waals surface area contributed by atoms with Gasteiger partial charge in [-0.1, -0.05) is 115 Å². The van der Waals surface area contributed by atoms with Crippen LogP contribution in [-0.4, -0.2) is 9.55 Å². The highest BCUT2D eigenvalue weighted by Gasteiger charge is 2.22. The molecule has 0 saturated carbocycles. The maximum Gasteiger partial charge on any atom is 0.227 e. The fourth-order valence-electron chi connectivity index (χ4n) is 7.44. The van der Waals surface area contributed by atoms with Crippen molar-refractivity contribution in [3.63, 3.8) is 0 Å². The average Bonchev–Trinajstić information content (AvgIpc) is 3.80. The SMILES string of the molecule is c1ccc(-c2ccc(N(c3ccc4ccc5oc(-c6ccccc6)nc5c4c3)c3cccc4c3c3ccccc3n4-c3ccccc3)cc2)cc1. The third-order valence-corrected chi connectivity index (χ3v) is 9.80. The van der Waals surface area contributed by atoms with Crippen LogP contribution in [-0.2, 0) is 0 Å². The highest BCUT2D eigenvalue weighted by molar-refractivity contribution is 6.17. The van der Waals surface area contributed by atoms with Crippen LogP contribution in [0.15, 0.2) is 192 Å². The van der Waals surface area contributed by atoms with Gasteiger partial charge in [-0.2, -0.15) is 0 Å². The number of aromatic nitrogens is 2. The smallest absolute Gasteiger partial charge is 0.227 e. The summed E-state index contributed by atoms with van der Waals surface area (Å²) >= 11 is 0. The first-order valence-corrected chi connectivity index (χ1v) is 17.2. The first-order chi connectivity index (χ1) is 25.3. The van der Waals surface area contributed by atoms with E-state index in [0.717, 1.165) is 55.7 Å². The highest BCUT2D eigenvalue weighted by Crippen LogP contribution is 2.45. The van der Waals surface area contributed by atoms with Crippen molar-refractivity contribution in [3.05, 3.63) is 188 Å². The van der Waals surface area contributed by atoms with Crippen molar-refractivity contribution in [3.8, 4) is 28.3 Å². The number of anilines is 3. The first kappa shape index (κ1) is 29.0. The van der Waals surface area contributed by atoms with Crippen molar-refractivity contribution in [2.45, 2.75) is 0 Å². The van der Waals surface area contributed by atoms with Crippen LogP contribution < -0.4 is 4.90 Å². The molecule has 8 aromatic carbocycles. The Hall–Kier alpha value is -6.91. The third-order valence-electron chi connectivity index (χ3n) is 9.80. The zero-order valence-corrected chi connectivity index (χ0v) is 27.6. The van der Waals surface area contributed by atoms with Gasteiger partial charge in [0.15, 0.2) is 5.58 Å².